The number of carbonyl (C=O) groups is 1. The van der Waals surface area contributed by atoms with Gasteiger partial charge in [0.25, 0.3) is 5.91 Å². The number of nitro groups is 1. The molecule has 0 atom stereocenters. The van der Waals surface area contributed by atoms with Crippen LogP contribution >= 0.6 is 0 Å². The van der Waals surface area contributed by atoms with Gasteiger partial charge in [0.05, 0.1) is 4.92 Å². The van der Waals surface area contributed by atoms with Crippen molar-refractivity contribution in [3.63, 3.8) is 0 Å². The number of aromatic nitrogens is 2. The van der Waals surface area contributed by atoms with Crippen molar-refractivity contribution in [3.05, 3.63) is 51.7 Å². The van der Waals surface area contributed by atoms with E-state index in [0.717, 1.165) is 6.33 Å². The maximum Gasteiger partial charge on any atom is 0.305 e. The lowest BCUT2D eigenvalue weighted by Crippen LogP contribution is -2.28. The molecule has 0 spiro atoms. The van der Waals surface area contributed by atoms with Gasteiger partial charge in [-0.3, -0.25) is 14.9 Å². The molecule has 1 aromatic heterocycles. The standard InChI is InChI=1S/C11H8F2N4O4/c12-6-1-2-7(17(19)20)10(13)9(6)11(18)14-4-3-8-15-5-16-21-8/h1-2,5H,3-4H2,(H,14,18). The van der Waals surface area contributed by atoms with E-state index in [4.69, 9.17) is 0 Å². The smallest absolute Gasteiger partial charge is 0.305 e. The van der Waals surface area contributed by atoms with Crippen molar-refractivity contribution >= 4 is 11.6 Å². The van der Waals surface area contributed by atoms with Gasteiger partial charge in [-0.2, -0.15) is 9.37 Å². The molecule has 0 saturated carbocycles. The summed E-state index contributed by atoms with van der Waals surface area (Å²) >= 11 is 0. The van der Waals surface area contributed by atoms with E-state index in [1.807, 2.05) is 0 Å². The summed E-state index contributed by atoms with van der Waals surface area (Å²) < 4.78 is 31.9. The quantitative estimate of drug-likeness (QED) is 0.656. The molecule has 10 heteroatoms. The summed E-state index contributed by atoms with van der Waals surface area (Å²) in [7, 11) is 0. The van der Waals surface area contributed by atoms with Crippen molar-refractivity contribution in [2.45, 2.75) is 6.42 Å². The van der Waals surface area contributed by atoms with Gasteiger partial charge in [0.2, 0.25) is 11.7 Å². The van der Waals surface area contributed by atoms with Crippen LogP contribution in [0.25, 0.3) is 0 Å². The van der Waals surface area contributed by atoms with Gasteiger partial charge in [-0.15, -0.1) is 0 Å². The molecule has 0 aliphatic carbocycles. The van der Waals surface area contributed by atoms with E-state index in [2.05, 4.69) is 20.0 Å². The third-order valence-corrected chi connectivity index (χ3v) is 2.53. The minimum Gasteiger partial charge on any atom is -0.351 e. The Labute approximate surface area is 115 Å². The van der Waals surface area contributed by atoms with Gasteiger partial charge in [-0.1, -0.05) is 5.16 Å². The van der Waals surface area contributed by atoms with Crippen LogP contribution in [0, 0.1) is 21.7 Å². The van der Waals surface area contributed by atoms with Crippen LogP contribution in [0.5, 0.6) is 0 Å². The molecule has 1 amide bonds. The first kappa shape index (κ1) is 14.5. The van der Waals surface area contributed by atoms with Gasteiger partial charge in [-0.05, 0) is 6.07 Å². The van der Waals surface area contributed by atoms with E-state index in [-0.39, 0.29) is 18.9 Å². The minimum atomic E-state index is -1.52. The monoisotopic (exact) mass is 298 g/mol. The van der Waals surface area contributed by atoms with Crippen LogP contribution in [0.15, 0.2) is 23.0 Å². The molecule has 0 aliphatic heterocycles. The SMILES string of the molecule is O=C(NCCc1ncno1)c1c(F)ccc([N+](=O)[O-])c1F. The molecular weight excluding hydrogens is 290 g/mol. The van der Waals surface area contributed by atoms with Gasteiger partial charge < -0.3 is 9.84 Å². The van der Waals surface area contributed by atoms with Crippen LogP contribution in [-0.2, 0) is 6.42 Å². The van der Waals surface area contributed by atoms with Crippen molar-refractivity contribution in [1.29, 1.82) is 0 Å². The molecule has 0 radical (unpaired) electrons. The van der Waals surface area contributed by atoms with E-state index in [0.29, 0.717) is 12.1 Å². The molecule has 8 nitrogen and oxygen atoms in total. The lowest BCUT2D eigenvalue weighted by atomic mass is 10.1. The van der Waals surface area contributed by atoms with Crippen LogP contribution in [-0.4, -0.2) is 27.5 Å². The highest BCUT2D eigenvalue weighted by atomic mass is 19.1. The van der Waals surface area contributed by atoms with Gasteiger partial charge in [0.1, 0.15) is 11.4 Å². The van der Waals surface area contributed by atoms with Crippen molar-refractivity contribution in [3.8, 4) is 0 Å². The Morgan fingerprint density at radius 2 is 2.19 bits per heavy atom. The first-order valence-corrected chi connectivity index (χ1v) is 5.67. The molecule has 1 heterocycles. The molecule has 0 bridgehead atoms. The molecule has 0 fully saturated rings. The van der Waals surface area contributed by atoms with Gasteiger partial charge in [0.15, 0.2) is 6.33 Å². The predicted octanol–water partition coefficient (Wildman–Crippen LogP) is 1.23. The number of nitrogens with one attached hydrogen (secondary N) is 1. The zero-order valence-corrected chi connectivity index (χ0v) is 10.4. The summed E-state index contributed by atoms with van der Waals surface area (Å²) in [5.41, 5.74) is -1.98. The number of halogens is 2. The molecule has 110 valence electrons. The molecule has 0 saturated heterocycles. The minimum absolute atomic E-state index is 0.0252. The van der Waals surface area contributed by atoms with E-state index in [1.54, 1.807) is 0 Å². The molecule has 1 aromatic carbocycles. The van der Waals surface area contributed by atoms with Crippen LogP contribution in [0.2, 0.25) is 0 Å². The highest BCUT2D eigenvalue weighted by Gasteiger charge is 2.25. The van der Waals surface area contributed by atoms with Crippen LogP contribution < -0.4 is 5.32 Å². The second-order valence-corrected chi connectivity index (χ2v) is 3.85. The van der Waals surface area contributed by atoms with Gasteiger partial charge in [-0.25, -0.2) is 4.39 Å². The number of hydrogen-bond acceptors (Lipinski definition) is 6. The molecule has 21 heavy (non-hydrogen) atoms. The predicted molar refractivity (Wildman–Crippen MR) is 63.3 cm³/mol. The van der Waals surface area contributed by atoms with Crippen molar-refractivity contribution in [2.24, 2.45) is 0 Å². The zero-order chi connectivity index (χ0) is 15.4. The number of nitro benzene ring substituents is 1. The Kier molecular flexibility index (Phi) is 4.16. The second-order valence-electron chi connectivity index (χ2n) is 3.85. The average Bonchev–Trinajstić information content (AvgIpc) is 2.91. The summed E-state index contributed by atoms with van der Waals surface area (Å²) in [6.07, 6.45) is 1.32. The largest absolute Gasteiger partial charge is 0.351 e. The number of amides is 1. The van der Waals surface area contributed by atoms with E-state index < -0.39 is 33.7 Å². The zero-order valence-electron chi connectivity index (χ0n) is 10.4. The van der Waals surface area contributed by atoms with Crippen molar-refractivity contribution in [1.82, 2.24) is 15.5 Å². The van der Waals surface area contributed by atoms with Crippen LogP contribution in [0.4, 0.5) is 14.5 Å². The second kappa shape index (κ2) is 6.03. The lowest BCUT2D eigenvalue weighted by Gasteiger charge is -2.06. The highest BCUT2D eigenvalue weighted by molar-refractivity contribution is 5.95. The fourth-order valence-electron chi connectivity index (χ4n) is 1.57. The third kappa shape index (κ3) is 3.16. The summed E-state index contributed by atoms with van der Waals surface area (Å²) in [5.74, 6) is -3.58. The molecule has 2 rings (SSSR count). The summed E-state index contributed by atoms with van der Waals surface area (Å²) in [5, 5.41) is 16.1. The Balaban J connectivity index is 2.11. The summed E-state index contributed by atoms with van der Waals surface area (Å²) in [6, 6.07) is 1.31. The fourth-order valence-corrected chi connectivity index (χ4v) is 1.57. The molecule has 1 N–H and O–H groups in total. The average molecular weight is 298 g/mol. The molecule has 2 aromatic rings. The topological polar surface area (TPSA) is 111 Å². The van der Waals surface area contributed by atoms with Crippen molar-refractivity contribution < 1.29 is 23.0 Å². The molecule has 0 aliphatic rings. The molecule has 0 unspecified atom stereocenters. The van der Waals surface area contributed by atoms with Crippen LogP contribution in [0.1, 0.15) is 16.2 Å². The number of carbonyl (C=O) groups excluding carboxylic acids is 1. The van der Waals surface area contributed by atoms with E-state index in [1.165, 1.54) is 0 Å². The Morgan fingerprint density at radius 1 is 1.43 bits per heavy atom. The molecular formula is C11H8F2N4O4. The number of hydrogen-bond donors (Lipinski definition) is 1. The third-order valence-electron chi connectivity index (χ3n) is 2.53. The maximum atomic E-state index is 13.8. The maximum absolute atomic E-state index is 13.8. The van der Waals surface area contributed by atoms with Gasteiger partial charge in [0, 0.05) is 19.0 Å². The Bertz CT molecular complexity index is 675. The van der Waals surface area contributed by atoms with E-state index >= 15 is 0 Å². The van der Waals surface area contributed by atoms with Gasteiger partial charge >= 0.3 is 5.69 Å². The summed E-state index contributed by atoms with van der Waals surface area (Å²) in [6.45, 7) is -0.0252. The Morgan fingerprint density at radius 3 is 2.81 bits per heavy atom. The number of benzene rings is 1. The highest BCUT2D eigenvalue weighted by Crippen LogP contribution is 2.22. The van der Waals surface area contributed by atoms with E-state index in [9.17, 15) is 23.7 Å². The van der Waals surface area contributed by atoms with Crippen molar-refractivity contribution in [2.75, 3.05) is 6.54 Å². The first-order valence-electron chi connectivity index (χ1n) is 5.67. The summed E-state index contributed by atoms with van der Waals surface area (Å²) in [4.78, 5) is 24.9. The normalized spacial score (nSPS) is 10.4. The number of nitrogens with zero attached hydrogens (tertiary/aromatic N) is 3. The van der Waals surface area contributed by atoms with Crippen LogP contribution in [0.3, 0.4) is 0 Å². The number of rotatable bonds is 5. The first-order chi connectivity index (χ1) is 10.0. The fraction of sp³-hybridized carbons (Fsp3) is 0.182. The lowest BCUT2D eigenvalue weighted by molar-refractivity contribution is -0.387. The Hall–Kier alpha value is -2.91.